The second kappa shape index (κ2) is 72.8. The van der Waals surface area contributed by atoms with Crippen LogP contribution < -0.4 is 0 Å². The Balaban J connectivity index is 5.42. The molecule has 0 saturated carbocycles. The van der Waals surface area contributed by atoms with Gasteiger partial charge in [-0.05, 0) is 141 Å². The molecule has 0 heterocycles. The molecule has 0 saturated heterocycles. The smallest absolute Gasteiger partial charge is 0.462 e. The van der Waals surface area contributed by atoms with Crippen LogP contribution in [0.4, 0.5) is 0 Å². The molecule has 0 aliphatic carbocycles. The van der Waals surface area contributed by atoms with Crippen LogP contribution in [0.5, 0.6) is 0 Å². The van der Waals surface area contributed by atoms with Gasteiger partial charge in [0.25, 0.3) is 0 Å². The number of aliphatic hydroxyl groups is 1. The first-order valence-corrected chi connectivity index (χ1v) is 41.8. The molecule has 0 radical (unpaired) electrons. The highest BCUT2D eigenvalue weighted by Crippen LogP contribution is 2.45. The van der Waals surface area contributed by atoms with E-state index < -0.39 is 97.5 Å². The largest absolute Gasteiger partial charge is 0.472 e. The van der Waals surface area contributed by atoms with Gasteiger partial charge in [0.15, 0.2) is 12.2 Å². The summed E-state index contributed by atoms with van der Waals surface area (Å²) in [5, 5.41) is 10.6. The van der Waals surface area contributed by atoms with Crippen LogP contribution in [0, 0.1) is 0 Å². The molecule has 0 rings (SSSR count). The van der Waals surface area contributed by atoms with Crippen LogP contribution in [-0.4, -0.2) is 96.7 Å². The Morgan fingerprint density at radius 3 is 0.920 bits per heavy atom. The summed E-state index contributed by atoms with van der Waals surface area (Å²) < 4.78 is 68.3. The van der Waals surface area contributed by atoms with Gasteiger partial charge in [-0.2, -0.15) is 0 Å². The summed E-state index contributed by atoms with van der Waals surface area (Å²) in [6, 6.07) is 0. The molecule has 17 nitrogen and oxygen atoms in total. The van der Waals surface area contributed by atoms with Crippen LogP contribution in [0.25, 0.3) is 0 Å². The number of carbonyl (C=O) groups excluding carboxylic acids is 4. The van der Waals surface area contributed by atoms with E-state index in [9.17, 15) is 43.2 Å². The molecule has 0 aromatic heterocycles. The van der Waals surface area contributed by atoms with Gasteiger partial charge in [-0.15, -0.1) is 0 Å². The SMILES string of the molecule is CC/C=C\C/C=C\C/C=C\C/C=C\C/C=C\CC(=O)OC(COC(=O)CCCCCCCC/C=C\C/C=C\C/C=C\CCCCC)COP(=O)(O)OCC(O)COP(=O)(O)OCC(COC(=O)CCCCCCC/C=C\CCCCCC)OC(=O)CCCCCCC/C=C\CCCCCC. The lowest BCUT2D eigenvalue weighted by molar-refractivity contribution is -0.161. The highest BCUT2D eigenvalue weighted by molar-refractivity contribution is 7.47. The first-order chi connectivity index (χ1) is 48.7. The van der Waals surface area contributed by atoms with Crippen molar-refractivity contribution in [2.75, 3.05) is 39.6 Å². The summed E-state index contributed by atoms with van der Waals surface area (Å²) in [6.07, 6.45) is 79.3. The standard InChI is InChI=1S/C81H138O17P2/c1-5-9-13-17-21-25-29-33-35-36-37-38-40-43-46-50-54-58-62-66-79(84)92-72-77(98-81(86)68-64-60-56-52-48-44-39-34-30-26-22-18-14-10-6-2)74-96-100(89,90)94-70-75(82)69-93-99(87,88)95-73-76(97-80(85)67-63-59-55-51-47-42-32-28-24-20-16-12-8-4)71-91-78(83)65-61-57-53-49-45-41-31-27-23-19-15-11-7-3/h10,14,21-22,25-28,31-35,37-39,48,52,60,64,75-77,82H,5-9,11-13,15-20,23-24,29-30,36,40-47,49-51,53-59,61-63,65-74H2,1-4H3,(H,87,88)(H,89,90)/b14-10-,25-21-,26-22-,31-27-,32-28-,35-33-,38-37-,39-34-,52-48-,64-60-. The topological polar surface area (TPSA) is 237 Å². The molecule has 0 aromatic rings. The lowest BCUT2D eigenvalue weighted by atomic mass is 10.1. The van der Waals surface area contributed by atoms with Crippen LogP contribution in [-0.2, 0) is 65.4 Å². The molecular weight excluding hydrogens is 1310 g/mol. The molecule has 0 aromatic carbocycles. The fraction of sp³-hybridized carbons (Fsp3) is 0.704. The van der Waals surface area contributed by atoms with Gasteiger partial charge in [0.2, 0.25) is 0 Å². The summed E-state index contributed by atoms with van der Waals surface area (Å²) >= 11 is 0. The lowest BCUT2D eigenvalue weighted by Gasteiger charge is -2.21. The van der Waals surface area contributed by atoms with E-state index in [0.717, 1.165) is 161 Å². The Kier molecular flexibility index (Phi) is 69.5. The number of allylic oxidation sites excluding steroid dienone is 19. The Labute approximate surface area is 606 Å². The maximum Gasteiger partial charge on any atom is 0.472 e. The van der Waals surface area contributed by atoms with E-state index in [4.69, 9.17) is 37.0 Å². The lowest BCUT2D eigenvalue weighted by Crippen LogP contribution is -2.30. The zero-order valence-electron chi connectivity index (χ0n) is 62.6. The minimum atomic E-state index is -5.00. The van der Waals surface area contributed by atoms with Gasteiger partial charge in [0.05, 0.1) is 32.8 Å². The zero-order chi connectivity index (χ0) is 73.2. The van der Waals surface area contributed by atoms with Crippen LogP contribution >= 0.6 is 15.6 Å². The van der Waals surface area contributed by atoms with Gasteiger partial charge in [0, 0.05) is 19.3 Å². The van der Waals surface area contributed by atoms with Crippen LogP contribution in [0.15, 0.2) is 122 Å². The van der Waals surface area contributed by atoms with Crippen LogP contribution in [0.2, 0.25) is 0 Å². The number of phosphoric ester groups is 2. The molecule has 0 aliphatic rings. The summed E-state index contributed by atoms with van der Waals surface area (Å²) in [5.74, 6) is -2.35. The van der Waals surface area contributed by atoms with Crippen molar-refractivity contribution in [1.82, 2.24) is 0 Å². The number of rotatable bonds is 72. The van der Waals surface area contributed by atoms with E-state index in [0.29, 0.717) is 25.7 Å². The predicted octanol–water partition coefficient (Wildman–Crippen LogP) is 22.3. The third-order valence-electron chi connectivity index (χ3n) is 15.9. The van der Waals surface area contributed by atoms with Gasteiger partial charge in [-0.25, -0.2) is 9.13 Å². The Morgan fingerprint density at radius 2 is 0.560 bits per heavy atom. The van der Waals surface area contributed by atoms with Gasteiger partial charge in [0.1, 0.15) is 19.3 Å². The normalized spacial score (nSPS) is 14.6. The number of unbranched alkanes of at least 4 members (excludes halogenated alkanes) is 27. The molecule has 0 fully saturated rings. The zero-order valence-corrected chi connectivity index (χ0v) is 64.4. The summed E-state index contributed by atoms with van der Waals surface area (Å²) in [7, 11) is -9.99. The molecule has 100 heavy (non-hydrogen) atoms. The Hall–Kier alpha value is -4.54. The average Bonchev–Trinajstić information content (AvgIpc) is 0.946. The van der Waals surface area contributed by atoms with Crippen molar-refractivity contribution >= 4 is 39.5 Å². The van der Waals surface area contributed by atoms with Crippen molar-refractivity contribution in [3.63, 3.8) is 0 Å². The molecule has 0 aliphatic heterocycles. The predicted molar refractivity (Wildman–Crippen MR) is 408 cm³/mol. The molecule has 0 amide bonds. The third kappa shape index (κ3) is 71.8. The summed E-state index contributed by atoms with van der Waals surface area (Å²) in [5.41, 5.74) is 0. The third-order valence-corrected chi connectivity index (χ3v) is 17.8. The van der Waals surface area contributed by atoms with Crippen LogP contribution in [0.1, 0.15) is 310 Å². The minimum Gasteiger partial charge on any atom is -0.462 e. The molecular formula is C81H138O17P2. The summed E-state index contributed by atoms with van der Waals surface area (Å²) in [4.78, 5) is 72.8. The van der Waals surface area contributed by atoms with Crippen molar-refractivity contribution in [2.45, 2.75) is 329 Å². The average molecular weight is 1450 g/mol. The van der Waals surface area contributed by atoms with Gasteiger partial charge in [-0.1, -0.05) is 265 Å². The van der Waals surface area contributed by atoms with Gasteiger partial charge < -0.3 is 33.8 Å². The van der Waals surface area contributed by atoms with E-state index in [-0.39, 0.29) is 25.7 Å². The molecule has 574 valence electrons. The highest BCUT2D eigenvalue weighted by Gasteiger charge is 2.30. The first-order valence-electron chi connectivity index (χ1n) is 38.8. The first kappa shape index (κ1) is 95.5. The maximum absolute atomic E-state index is 13.1. The fourth-order valence-corrected chi connectivity index (χ4v) is 11.6. The number of aliphatic hydroxyl groups excluding tert-OH is 1. The summed E-state index contributed by atoms with van der Waals surface area (Å²) in [6.45, 7) is 4.56. The van der Waals surface area contributed by atoms with Crippen molar-refractivity contribution in [2.24, 2.45) is 0 Å². The molecule has 0 spiro atoms. The Bertz CT molecular complexity index is 2370. The van der Waals surface area contributed by atoms with Crippen molar-refractivity contribution in [3.05, 3.63) is 122 Å². The molecule has 5 unspecified atom stereocenters. The monoisotopic (exact) mass is 1440 g/mol. The highest BCUT2D eigenvalue weighted by atomic mass is 31.2. The van der Waals surface area contributed by atoms with E-state index >= 15 is 0 Å². The van der Waals surface area contributed by atoms with Crippen LogP contribution in [0.3, 0.4) is 0 Å². The van der Waals surface area contributed by atoms with Crippen molar-refractivity contribution in [3.8, 4) is 0 Å². The number of carbonyl (C=O) groups is 4. The number of phosphoric acid groups is 2. The molecule has 19 heteroatoms. The second-order valence-corrected chi connectivity index (χ2v) is 28.5. The fourth-order valence-electron chi connectivity index (χ4n) is 10.00. The minimum absolute atomic E-state index is 0.0798. The van der Waals surface area contributed by atoms with E-state index in [1.165, 1.54) is 70.6 Å². The number of esters is 4. The number of ether oxygens (including phenoxy) is 4. The van der Waals surface area contributed by atoms with E-state index in [1.54, 1.807) is 12.2 Å². The molecule has 5 atom stereocenters. The van der Waals surface area contributed by atoms with Crippen molar-refractivity contribution in [1.29, 1.82) is 0 Å². The van der Waals surface area contributed by atoms with Gasteiger partial charge >= 0.3 is 39.5 Å². The maximum atomic E-state index is 13.1. The molecule has 0 bridgehead atoms. The number of hydrogen-bond donors (Lipinski definition) is 3. The van der Waals surface area contributed by atoms with E-state index in [2.05, 4.69) is 125 Å². The Morgan fingerprint density at radius 1 is 0.300 bits per heavy atom. The van der Waals surface area contributed by atoms with Gasteiger partial charge in [-0.3, -0.25) is 37.3 Å². The van der Waals surface area contributed by atoms with E-state index in [1.807, 2.05) is 12.2 Å². The van der Waals surface area contributed by atoms with Crippen molar-refractivity contribution < 1.29 is 80.2 Å². The quantitative estimate of drug-likeness (QED) is 0.0169. The number of hydrogen-bond acceptors (Lipinski definition) is 15. The molecule has 3 N–H and O–H groups in total. The second-order valence-electron chi connectivity index (χ2n) is 25.6.